The summed E-state index contributed by atoms with van der Waals surface area (Å²) in [6.07, 6.45) is 6.05. The third-order valence-corrected chi connectivity index (χ3v) is 12.2. The molecule has 0 bridgehead atoms. The molecule has 7 heterocycles. The number of nitrogens with two attached hydrogens (primary N) is 1. The average molecular weight is 666 g/mol. The van der Waals surface area contributed by atoms with Crippen molar-refractivity contribution in [2.75, 3.05) is 50.0 Å². The van der Waals surface area contributed by atoms with Gasteiger partial charge in [-0.25, -0.2) is 17.6 Å². The summed E-state index contributed by atoms with van der Waals surface area (Å²) in [6, 6.07) is 4.56. The number of benzene rings is 1. The van der Waals surface area contributed by atoms with Crippen molar-refractivity contribution in [1.82, 2.24) is 19.9 Å². The number of nitriles is 1. The van der Waals surface area contributed by atoms with E-state index in [0.29, 0.717) is 43.9 Å². The van der Waals surface area contributed by atoms with Crippen LogP contribution >= 0.6 is 11.3 Å². The van der Waals surface area contributed by atoms with Gasteiger partial charge in [0.05, 0.1) is 38.8 Å². The highest BCUT2D eigenvalue weighted by molar-refractivity contribution is 7.23. The molecule has 0 radical (unpaired) electrons. The summed E-state index contributed by atoms with van der Waals surface area (Å²) in [4.78, 5) is 18.0. The molecular formula is C33H31F4N7O2S. The second kappa shape index (κ2) is 9.87. The molecule has 3 aromatic heterocycles. The summed E-state index contributed by atoms with van der Waals surface area (Å²) in [7, 11) is 0. The topological polar surface area (TPSA) is 113 Å². The number of hydrogen-bond acceptors (Lipinski definition) is 10. The van der Waals surface area contributed by atoms with Crippen molar-refractivity contribution in [2.24, 2.45) is 5.41 Å². The third kappa shape index (κ3) is 4.21. The van der Waals surface area contributed by atoms with E-state index in [2.05, 4.69) is 19.8 Å². The molecule has 3 atom stereocenters. The van der Waals surface area contributed by atoms with Gasteiger partial charge in [-0.05, 0) is 50.8 Å². The third-order valence-electron chi connectivity index (χ3n) is 11.2. The number of nitrogen functional groups attached to an aromatic ring is 1. The highest BCUT2D eigenvalue weighted by Crippen LogP contribution is 2.69. The minimum atomic E-state index is -2.67. The monoisotopic (exact) mass is 665 g/mol. The van der Waals surface area contributed by atoms with Gasteiger partial charge in [0, 0.05) is 49.6 Å². The van der Waals surface area contributed by atoms with Gasteiger partial charge in [0.2, 0.25) is 0 Å². The molecule has 2 N–H and O–H groups in total. The van der Waals surface area contributed by atoms with Crippen molar-refractivity contribution in [2.45, 2.75) is 62.0 Å². The lowest BCUT2D eigenvalue weighted by molar-refractivity contribution is -0.151. The Morgan fingerprint density at radius 3 is 2.64 bits per heavy atom. The lowest BCUT2D eigenvalue weighted by atomic mass is 9.86. The quantitative estimate of drug-likeness (QED) is 0.255. The molecule has 14 heteroatoms. The number of hydrogen-bond donors (Lipinski definition) is 1. The highest BCUT2D eigenvalue weighted by Gasteiger charge is 2.77. The van der Waals surface area contributed by atoms with Crippen LogP contribution in [0.1, 0.15) is 50.5 Å². The normalized spacial score (nSPS) is 29.5. The number of thiophene rings is 1. The number of nitrogens with zero attached hydrogens (tertiary/aromatic N) is 6. The smallest absolute Gasteiger partial charge is 0.319 e. The first-order valence-corrected chi connectivity index (χ1v) is 16.8. The first-order chi connectivity index (χ1) is 22.6. The van der Waals surface area contributed by atoms with Gasteiger partial charge in [0.1, 0.15) is 40.5 Å². The fourth-order valence-corrected chi connectivity index (χ4v) is 9.60. The number of alkyl halides is 2. The second-order valence-electron chi connectivity index (χ2n) is 13.9. The number of rotatable bonds is 5. The Morgan fingerprint density at radius 2 is 1.89 bits per heavy atom. The van der Waals surface area contributed by atoms with Crippen LogP contribution in [0.5, 0.6) is 6.01 Å². The van der Waals surface area contributed by atoms with Crippen LogP contribution in [0.4, 0.5) is 28.4 Å². The van der Waals surface area contributed by atoms with Crippen LogP contribution in [0, 0.1) is 28.4 Å². The molecule has 1 unspecified atom stereocenters. The summed E-state index contributed by atoms with van der Waals surface area (Å²) in [5.74, 6) is -3.56. The standard InChI is InChI=1S/C33H31F4N7O2S/c34-21-4-3-18(22-19(11-38)27(39)47-26(21)22)24-23(35)25-20(12-40-24)28(43-8-2-6-32(16-43)7-10-46-32)42-29(41-25)45-17-31-5-1-9-44(31)15-30(13-31)14-33(30,36)37/h3-4,12H,1-2,5-10,13-17,39H2/t30-,31-,32?/m0/s1. The van der Waals surface area contributed by atoms with Crippen LogP contribution in [0.3, 0.4) is 0 Å². The van der Waals surface area contributed by atoms with E-state index >= 15 is 4.39 Å². The summed E-state index contributed by atoms with van der Waals surface area (Å²) in [5.41, 5.74) is 4.32. The minimum absolute atomic E-state index is 0.0410. The fourth-order valence-electron chi connectivity index (χ4n) is 8.65. The van der Waals surface area contributed by atoms with Gasteiger partial charge in [-0.1, -0.05) is 0 Å². The van der Waals surface area contributed by atoms with Crippen molar-refractivity contribution in [1.29, 1.82) is 5.26 Å². The predicted molar refractivity (Wildman–Crippen MR) is 168 cm³/mol. The average Bonchev–Trinajstić information content (AvgIpc) is 3.38. The van der Waals surface area contributed by atoms with Gasteiger partial charge in [0.15, 0.2) is 5.82 Å². The van der Waals surface area contributed by atoms with Gasteiger partial charge < -0.3 is 20.1 Å². The minimum Gasteiger partial charge on any atom is -0.461 e. The Balaban J connectivity index is 1.15. The lowest BCUT2D eigenvalue weighted by Gasteiger charge is -2.48. The van der Waals surface area contributed by atoms with Crippen molar-refractivity contribution in [3.63, 3.8) is 0 Å². The number of ether oxygens (including phenoxy) is 2. The fraction of sp³-hybridized carbons (Fsp3) is 0.515. The van der Waals surface area contributed by atoms with Gasteiger partial charge in [0.25, 0.3) is 5.92 Å². The van der Waals surface area contributed by atoms with E-state index in [1.165, 1.54) is 18.3 Å². The van der Waals surface area contributed by atoms with E-state index in [1.54, 1.807) is 0 Å². The Hall–Kier alpha value is -3.80. The molecule has 4 aromatic rings. The number of aromatic nitrogens is 3. The zero-order chi connectivity index (χ0) is 32.3. The molecule has 4 aliphatic heterocycles. The zero-order valence-electron chi connectivity index (χ0n) is 25.4. The summed E-state index contributed by atoms with van der Waals surface area (Å²) in [6.45, 7) is 3.10. The van der Waals surface area contributed by atoms with Gasteiger partial charge >= 0.3 is 6.01 Å². The van der Waals surface area contributed by atoms with E-state index in [9.17, 15) is 18.4 Å². The van der Waals surface area contributed by atoms with E-state index < -0.39 is 28.5 Å². The molecule has 244 valence electrons. The van der Waals surface area contributed by atoms with Crippen LogP contribution in [0.25, 0.3) is 32.2 Å². The SMILES string of the molecule is N#Cc1c(N)sc2c(F)ccc(-c3ncc4c(N5CCCC6(CCO6)C5)nc(OC[C@@]56CCCN5C[C@@]5(CC5(F)F)C6)nc4c3F)c12. The maximum atomic E-state index is 16.8. The Bertz CT molecular complexity index is 2030. The van der Waals surface area contributed by atoms with E-state index in [1.807, 2.05) is 6.07 Å². The molecule has 9 rings (SSSR count). The highest BCUT2D eigenvalue weighted by atomic mass is 32.1. The molecule has 1 aliphatic carbocycles. The Kier molecular flexibility index (Phi) is 6.16. The van der Waals surface area contributed by atoms with Gasteiger partial charge in [-0.2, -0.15) is 15.2 Å². The van der Waals surface area contributed by atoms with Gasteiger partial charge in [-0.15, -0.1) is 11.3 Å². The molecule has 2 spiro atoms. The van der Waals surface area contributed by atoms with Gasteiger partial charge in [-0.3, -0.25) is 9.88 Å². The number of piperidine rings is 1. The van der Waals surface area contributed by atoms with E-state index in [4.69, 9.17) is 20.2 Å². The Labute approximate surface area is 271 Å². The lowest BCUT2D eigenvalue weighted by Crippen LogP contribution is -2.56. The molecule has 5 fully saturated rings. The molecular weight excluding hydrogens is 634 g/mol. The van der Waals surface area contributed by atoms with Crippen molar-refractivity contribution in [3.8, 4) is 23.3 Å². The molecule has 5 aliphatic rings. The Morgan fingerprint density at radius 1 is 1.09 bits per heavy atom. The zero-order valence-corrected chi connectivity index (χ0v) is 26.2. The summed E-state index contributed by atoms with van der Waals surface area (Å²) < 4.78 is 72.9. The maximum Gasteiger partial charge on any atom is 0.319 e. The number of pyridine rings is 1. The molecule has 9 nitrogen and oxygen atoms in total. The maximum absolute atomic E-state index is 16.8. The molecule has 1 saturated carbocycles. The summed E-state index contributed by atoms with van der Waals surface area (Å²) >= 11 is 0.924. The van der Waals surface area contributed by atoms with Crippen LogP contribution in [-0.4, -0.2) is 76.3 Å². The number of anilines is 2. The number of halogens is 4. The molecule has 47 heavy (non-hydrogen) atoms. The summed E-state index contributed by atoms with van der Waals surface area (Å²) in [5, 5.41) is 10.5. The number of fused-ring (bicyclic) bond motifs is 3. The molecule has 4 saturated heterocycles. The second-order valence-corrected chi connectivity index (χ2v) is 15.0. The van der Waals surface area contributed by atoms with E-state index in [-0.39, 0.29) is 62.1 Å². The predicted octanol–water partition coefficient (Wildman–Crippen LogP) is 6.04. The van der Waals surface area contributed by atoms with Crippen LogP contribution < -0.4 is 15.4 Å². The van der Waals surface area contributed by atoms with E-state index in [0.717, 1.165) is 50.0 Å². The van der Waals surface area contributed by atoms with Crippen molar-refractivity contribution in [3.05, 3.63) is 35.5 Å². The first-order valence-electron chi connectivity index (χ1n) is 16.0. The molecule has 1 aromatic carbocycles. The van der Waals surface area contributed by atoms with Crippen LogP contribution in [0.15, 0.2) is 18.3 Å². The first kappa shape index (κ1) is 29.3. The van der Waals surface area contributed by atoms with Crippen molar-refractivity contribution >= 4 is 43.1 Å². The largest absolute Gasteiger partial charge is 0.461 e. The van der Waals surface area contributed by atoms with Crippen LogP contribution in [-0.2, 0) is 4.74 Å². The molecule has 0 amide bonds. The van der Waals surface area contributed by atoms with Crippen LogP contribution in [0.2, 0.25) is 0 Å². The van der Waals surface area contributed by atoms with Crippen molar-refractivity contribution < 1.29 is 27.0 Å².